The van der Waals surface area contributed by atoms with Gasteiger partial charge in [-0.15, -0.1) is 0 Å². The highest BCUT2D eigenvalue weighted by molar-refractivity contribution is 5.95. The van der Waals surface area contributed by atoms with Crippen molar-refractivity contribution in [3.8, 4) is 5.75 Å². The van der Waals surface area contributed by atoms with Crippen molar-refractivity contribution in [2.45, 2.75) is 25.8 Å². The molecule has 1 saturated heterocycles. The van der Waals surface area contributed by atoms with Gasteiger partial charge in [-0.3, -0.25) is 0 Å². The van der Waals surface area contributed by atoms with E-state index in [0.29, 0.717) is 6.04 Å². The molecule has 4 nitrogen and oxygen atoms in total. The number of para-hydroxylation sites is 1. The van der Waals surface area contributed by atoms with Crippen LogP contribution >= 0.6 is 0 Å². The van der Waals surface area contributed by atoms with E-state index in [0.717, 1.165) is 54.1 Å². The van der Waals surface area contributed by atoms with Crippen LogP contribution in [-0.2, 0) is 4.74 Å². The van der Waals surface area contributed by atoms with Crippen molar-refractivity contribution < 1.29 is 9.47 Å². The SMILES string of the molecule is COc1cccc2c(NC3CCCOC3)cc(C)nc12. The molecule has 0 saturated carbocycles. The highest BCUT2D eigenvalue weighted by atomic mass is 16.5. The number of aromatic nitrogens is 1. The summed E-state index contributed by atoms with van der Waals surface area (Å²) in [7, 11) is 1.68. The van der Waals surface area contributed by atoms with Crippen molar-refractivity contribution in [3.05, 3.63) is 30.0 Å². The third kappa shape index (κ3) is 2.56. The molecule has 1 aliphatic rings. The maximum absolute atomic E-state index is 5.54. The van der Waals surface area contributed by atoms with E-state index in [-0.39, 0.29) is 0 Å². The summed E-state index contributed by atoms with van der Waals surface area (Å²) in [6, 6.07) is 8.50. The number of methoxy groups -OCH3 is 1. The van der Waals surface area contributed by atoms with Crippen LogP contribution in [-0.4, -0.2) is 31.3 Å². The molecule has 0 bridgehead atoms. The second-order valence-electron chi connectivity index (χ2n) is 5.23. The van der Waals surface area contributed by atoms with Gasteiger partial charge in [0.25, 0.3) is 0 Å². The molecule has 1 unspecified atom stereocenters. The van der Waals surface area contributed by atoms with E-state index in [9.17, 15) is 0 Å². The molecule has 1 fully saturated rings. The second kappa shape index (κ2) is 5.67. The van der Waals surface area contributed by atoms with Crippen molar-refractivity contribution in [2.75, 3.05) is 25.6 Å². The summed E-state index contributed by atoms with van der Waals surface area (Å²) in [5.74, 6) is 0.814. The molecule has 1 N–H and O–H groups in total. The minimum absolute atomic E-state index is 0.375. The highest BCUT2D eigenvalue weighted by Gasteiger charge is 2.16. The fourth-order valence-electron chi connectivity index (χ4n) is 2.71. The van der Waals surface area contributed by atoms with Gasteiger partial charge in [-0.1, -0.05) is 12.1 Å². The molecule has 1 aromatic carbocycles. The van der Waals surface area contributed by atoms with Crippen molar-refractivity contribution in [1.29, 1.82) is 0 Å². The lowest BCUT2D eigenvalue weighted by molar-refractivity contribution is 0.0876. The first-order valence-electron chi connectivity index (χ1n) is 7.06. The van der Waals surface area contributed by atoms with E-state index in [4.69, 9.17) is 9.47 Å². The number of benzene rings is 1. The smallest absolute Gasteiger partial charge is 0.145 e. The van der Waals surface area contributed by atoms with Gasteiger partial charge in [0, 0.05) is 29.4 Å². The quantitative estimate of drug-likeness (QED) is 0.932. The fraction of sp³-hybridized carbons (Fsp3) is 0.438. The molecule has 20 heavy (non-hydrogen) atoms. The number of hydrogen-bond donors (Lipinski definition) is 1. The maximum atomic E-state index is 5.54. The molecule has 106 valence electrons. The molecule has 0 aliphatic carbocycles. The van der Waals surface area contributed by atoms with Crippen LogP contribution in [0.5, 0.6) is 5.75 Å². The summed E-state index contributed by atoms with van der Waals surface area (Å²) >= 11 is 0. The van der Waals surface area contributed by atoms with Crippen molar-refractivity contribution in [2.24, 2.45) is 0 Å². The van der Waals surface area contributed by atoms with E-state index in [2.05, 4.69) is 22.4 Å². The lowest BCUT2D eigenvalue weighted by atomic mass is 10.1. The van der Waals surface area contributed by atoms with E-state index >= 15 is 0 Å². The fourth-order valence-corrected chi connectivity index (χ4v) is 2.71. The molecule has 3 rings (SSSR count). The third-order valence-corrected chi connectivity index (χ3v) is 3.67. The van der Waals surface area contributed by atoms with Crippen LogP contribution in [0.1, 0.15) is 18.5 Å². The van der Waals surface area contributed by atoms with Crippen molar-refractivity contribution in [3.63, 3.8) is 0 Å². The topological polar surface area (TPSA) is 43.4 Å². The van der Waals surface area contributed by atoms with Gasteiger partial charge in [0.2, 0.25) is 0 Å². The van der Waals surface area contributed by atoms with Gasteiger partial charge in [-0.25, -0.2) is 4.98 Å². The number of ether oxygens (including phenoxy) is 2. The Balaban J connectivity index is 2.00. The Hall–Kier alpha value is -1.81. The molecule has 1 aliphatic heterocycles. The van der Waals surface area contributed by atoms with Crippen LogP contribution in [0.3, 0.4) is 0 Å². The number of fused-ring (bicyclic) bond motifs is 1. The molecule has 0 radical (unpaired) electrons. The summed E-state index contributed by atoms with van der Waals surface area (Å²) in [4.78, 5) is 4.60. The van der Waals surface area contributed by atoms with Crippen LogP contribution in [0.2, 0.25) is 0 Å². The summed E-state index contributed by atoms with van der Waals surface area (Å²) in [5, 5.41) is 4.69. The van der Waals surface area contributed by atoms with E-state index in [1.807, 2.05) is 19.1 Å². The predicted molar refractivity (Wildman–Crippen MR) is 80.5 cm³/mol. The van der Waals surface area contributed by atoms with Gasteiger partial charge in [0.1, 0.15) is 11.3 Å². The van der Waals surface area contributed by atoms with Crippen LogP contribution < -0.4 is 10.1 Å². The summed E-state index contributed by atoms with van der Waals surface area (Å²) in [5.41, 5.74) is 3.01. The first kappa shape index (κ1) is 13.2. The molecule has 0 amide bonds. The Morgan fingerprint density at radius 1 is 1.40 bits per heavy atom. The Labute approximate surface area is 119 Å². The Morgan fingerprint density at radius 3 is 3.05 bits per heavy atom. The first-order chi connectivity index (χ1) is 9.78. The number of rotatable bonds is 3. The van der Waals surface area contributed by atoms with Gasteiger partial charge in [-0.05, 0) is 31.9 Å². The second-order valence-corrected chi connectivity index (χ2v) is 5.23. The summed E-state index contributed by atoms with van der Waals surface area (Å²) in [6.07, 6.45) is 2.26. The molecular weight excluding hydrogens is 252 g/mol. The van der Waals surface area contributed by atoms with E-state index in [1.165, 1.54) is 0 Å². The lowest BCUT2D eigenvalue weighted by Gasteiger charge is -2.25. The minimum atomic E-state index is 0.375. The van der Waals surface area contributed by atoms with Crippen LogP contribution in [0, 0.1) is 6.92 Å². The highest BCUT2D eigenvalue weighted by Crippen LogP contribution is 2.30. The lowest BCUT2D eigenvalue weighted by Crippen LogP contribution is -2.30. The van der Waals surface area contributed by atoms with Crippen molar-refractivity contribution in [1.82, 2.24) is 4.98 Å². The average molecular weight is 272 g/mol. The largest absolute Gasteiger partial charge is 0.494 e. The maximum Gasteiger partial charge on any atom is 0.145 e. The van der Waals surface area contributed by atoms with E-state index in [1.54, 1.807) is 7.11 Å². The number of aryl methyl sites for hydroxylation is 1. The number of hydrogen-bond acceptors (Lipinski definition) is 4. The number of pyridine rings is 1. The summed E-state index contributed by atoms with van der Waals surface area (Å²) in [6.45, 7) is 3.66. The van der Waals surface area contributed by atoms with Crippen LogP contribution in [0.25, 0.3) is 10.9 Å². The molecule has 0 spiro atoms. The van der Waals surface area contributed by atoms with Crippen LogP contribution in [0.4, 0.5) is 5.69 Å². The van der Waals surface area contributed by atoms with Gasteiger partial charge >= 0.3 is 0 Å². The van der Waals surface area contributed by atoms with Crippen molar-refractivity contribution >= 4 is 16.6 Å². The normalized spacial score (nSPS) is 19.0. The molecule has 2 aromatic rings. The molecule has 2 heterocycles. The zero-order valence-corrected chi connectivity index (χ0v) is 12.0. The molecule has 1 aromatic heterocycles. The summed E-state index contributed by atoms with van der Waals surface area (Å²) < 4.78 is 11.0. The first-order valence-corrected chi connectivity index (χ1v) is 7.06. The Morgan fingerprint density at radius 2 is 2.30 bits per heavy atom. The number of anilines is 1. The third-order valence-electron chi connectivity index (χ3n) is 3.67. The number of nitrogens with one attached hydrogen (secondary N) is 1. The number of nitrogens with zero attached hydrogens (tertiary/aromatic N) is 1. The minimum Gasteiger partial charge on any atom is -0.494 e. The molecule has 1 atom stereocenters. The molecule has 4 heteroatoms. The van der Waals surface area contributed by atoms with E-state index < -0.39 is 0 Å². The van der Waals surface area contributed by atoms with Gasteiger partial charge < -0.3 is 14.8 Å². The van der Waals surface area contributed by atoms with Gasteiger partial charge in [0.05, 0.1) is 13.7 Å². The predicted octanol–water partition coefficient (Wildman–Crippen LogP) is 3.14. The Kier molecular flexibility index (Phi) is 3.74. The average Bonchev–Trinajstić information content (AvgIpc) is 2.47. The van der Waals surface area contributed by atoms with Gasteiger partial charge in [0.15, 0.2) is 0 Å². The molecular formula is C16H20N2O2. The zero-order chi connectivity index (χ0) is 13.9. The standard InChI is InChI=1S/C16H20N2O2/c1-11-9-14(18-12-5-4-8-20-10-12)13-6-3-7-15(19-2)16(13)17-11/h3,6-7,9,12H,4-5,8,10H2,1-2H3,(H,17,18). The zero-order valence-electron chi connectivity index (χ0n) is 12.0. The van der Waals surface area contributed by atoms with Crippen LogP contribution in [0.15, 0.2) is 24.3 Å². The van der Waals surface area contributed by atoms with Gasteiger partial charge in [-0.2, -0.15) is 0 Å². The monoisotopic (exact) mass is 272 g/mol. The Bertz CT molecular complexity index is 607.